The highest BCUT2D eigenvalue weighted by atomic mass is 19.1. The third-order valence-electron chi connectivity index (χ3n) is 3.55. The third kappa shape index (κ3) is 3.98. The number of ether oxygens (including phenoxy) is 1. The van der Waals surface area contributed by atoms with E-state index < -0.39 is 0 Å². The molecular weight excluding hydrogens is 229 g/mol. The zero-order valence-electron chi connectivity index (χ0n) is 11.0. The third-order valence-corrected chi connectivity index (χ3v) is 3.55. The van der Waals surface area contributed by atoms with E-state index >= 15 is 0 Å². The van der Waals surface area contributed by atoms with Gasteiger partial charge in [0.2, 0.25) is 0 Å². The Bertz CT molecular complexity index is 375. The summed E-state index contributed by atoms with van der Waals surface area (Å²) in [4.78, 5) is 0. The van der Waals surface area contributed by atoms with Gasteiger partial charge in [0.15, 0.2) is 0 Å². The molecule has 0 atom stereocenters. The van der Waals surface area contributed by atoms with Gasteiger partial charge in [-0.15, -0.1) is 0 Å². The van der Waals surface area contributed by atoms with Gasteiger partial charge in [0, 0.05) is 18.7 Å². The summed E-state index contributed by atoms with van der Waals surface area (Å²) in [6.07, 6.45) is 6.60. The molecule has 0 amide bonds. The summed E-state index contributed by atoms with van der Waals surface area (Å²) in [5, 5.41) is 3.50. The first kappa shape index (κ1) is 13.3. The van der Waals surface area contributed by atoms with Crippen molar-refractivity contribution in [3.63, 3.8) is 0 Å². The highest BCUT2D eigenvalue weighted by Gasteiger charge is 2.11. The standard InChI is InChI=1S/C15H22FNO/c1-12-7-8-14(11-15(12)16)18-10-9-17-13-5-3-2-4-6-13/h7-8,11,13,17H,2-6,9-10H2,1H3. The second kappa shape index (κ2) is 6.74. The number of nitrogens with one attached hydrogen (secondary N) is 1. The van der Waals surface area contributed by atoms with Crippen molar-refractivity contribution in [2.45, 2.75) is 45.1 Å². The van der Waals surface area contributed by atoms with Crippen molar-refractivity contribution in [3.05, 3.63) is 29.6 Å². The summed E-state index contributed by atoms with van der Waals surface area (Å²) in [6.45, 7) is 3.18. The van der Waals surface area contributed by atoms with Gasteiger partial charge in [-0.2, -0.15) is 0 Å². The van der Waals surface area contributed by atoms with Crippen LogP contribution in [0.25, 0.3) is 0 Å². The van der Waals surface area contributed by atoms with E-state index in [2.05, 4.69) is 5.32 Å². The second-order valence-corrected chi connectivity index (χ2v) is 5.05. The predicted octanol–water partition coefficient (Wildman–Crippen LogP) is 3.44. The minimum Gasteiger partial charge on any atom is -0.492 e. The summed E-state index contributed by atoms with van der Waals surface area (Å²) in [5.74, 6) is 0.413. The van der Waals surface area contributed by atoms with Crippen LogP contribution < -0.4 is 10.1 Å². The average Bonchev–Trinajstić information content (AvgIpc) is 2.40. The molecule has 1 aromatic carbocycles. The van der Waals surface area contributed by atoms with Gasteiger partial charge >= 0.3 is 0 Å². The van der Waals surface area contributed by atoms with Crippen LogP contribution in [0.4, 0.5) is 4.39 Å². The lowest BCUT2D eigenvalue weighted by molar-refractivity contribution is 0.288. The van der Waals surface area contributed by atoms with E-state index in [1.54, 1.807) is 13.0 Å². The molecule has 3 heteroatoms. The van der Waals surface area contributed by atoms with E-state index in [0.717, 1.165) is 6.54 Å². The van der Waals surface area contributed by atoms with Gasteiger partial charge < -0.3 is 10.1 Å². The fourth-order valence-corrected chi connectivity index (χ4v) is 2.40. The molecular formula is C15H22FNO. The quantitative estimate of drug-likeness (QED) is 0.809. The fourth-order valence-electron chi connectivity index (χ4n) is 2.40. The molecule has 0 spiro atoms. The summed E-state index contributed by atoms with van der Waals surface area (Å²) >= 11 is 0. The molecule has 0 saturated heterocycles. The molecule has 0 radical (unpaired) electrons. The van der Waals surface area contributed by atoms with Crippen LogP contribution in [0, 0.1) is 12.7 Å². The molecule has 1 fully saturated rings. The van der Waals surface area contributed by atoms with Crippen LogP contribution in [-0.2, 0) is 0 Å². The Morgan fingerprint density at radius 3 is 2.78 bits per heavy atom. The molecule has 1 aliphatic carbocycles. The average molecular weight is 251 g/mol. The monoisotopic (exact) mass is 251 g/mol. The Kier molecular flexibility index (Phi) is 5.00. The van der Waals surface area contributed by atoms with Crippen LogP contribution in [0.2, 0.25) is 0 Å². The van der Waals surface area contributed by atoms with Crippen LogP contribution in [0.3, 0.4) is 0 Å². The van der Waals surface area contributed by atoms with Gasteiger partial charge in [-0.25, -0.2) is 4.39 Å². The van der Waals surface area contributed by atoms with E-state index in [4.69, 9.17) is 4.74 Å². The lowest BCUT2D eigenvalue weighted by Crippen LogP contribution is -2.34. The van der Waals surface area contributed by atoms with E-state index in [0.29, 0.717) is 24.0 Å². The Morgan fingerprint density at radius 1 is 1.28 bits per heavy atom. The van der Waals surface area contributed by atoms with Gasteiger partial charge in [0.1, 0.15) is 18.2 Å². The summed E-state index contributed by atoms with van der Waals surface area (Å²) in [7, 11) is 0. The minimum absolute atomic E-state index is 0.201. The zero-order valence-corrected chi connectivity index (χ0v) is 11.0. The fraction of sp³-hybridized carbons (Fsp3) is 0.600. The first-order valence-corrected chi connectivity index (χ1v) is 6.88. The molecule has 2 nitrogen and oxygen atoms in total. The molecule has 0 aliphatic heterocycles. The van der Waals surface area contributed by atoms with E-state index in [1.807, 2.05) is 6.07 Å². The molecule has 1 aliphatic rings. The zero-order chi connectivity index (χ0) is 12.8. The molecule has 0 heterocycles. The highest BCUT2D eigenvalue weighted by molar-refractivity contribution is 5.27. The Labute approximate surface area is 109 Å². The van der Waals surface area contributed by atoms with Crippen molar-refractivity contribution in [2.75, 3.05) is 13.2 Å². The molecule has 18 heavy (non-hydrogen) atoms. The van der Waals surface area contributed by atoms with Crippen LogP contribution in [0.15, 0.2) is 18.2 Å². The van der Waals surface area contributed by atoms with Crippen molar-refractivity contribution in [2.24, 2.45) is 0 Å². The topological polar surface area (TPSA) is 21.3 Å². The molecule has 100 valence electrons. The number of rotatable bonds is 5. The number of hydrogen-bond acceptors (Lipinski definition) is 2. The minimum atomic E-state index is -0.201. The van der Waals surface area contributed by atoms with Crippen molar-refractivity contribution in [1.29, 1.82) is 0 Å². The van der Waals surface area contributed by atoms with Gasteiger partial charge in [0.05, 0.1) is 0 Å². The number of halogens is 1. The first-order chi connectivity index (χ1) is 8.75. The molecule has 1 N–H and O–H groups in total. The maximum Gasteiger partial charge on any atom is 0.129 e. The van der Waals surface area contributed by atoms with Gasteiger partial charge in [-0.05, 0) is 31.4 Å². The first-order valence-electron chi connectivity index (χ1n) is 6.88. The van der Waals surface area contributed by atoms with Gasteiger partial charge in [-0.3, -0.25) is 0 Å². The van der Waals surface area contributed by atoms with Crippen molar-refractivity contribution in [3.8, 4) is 5.75 Å². The number of benzene rings is 1. The van der Waals surface area contributed by atoms with Crippen molar-refractivity contribution >= 4 is 0 Å². The molecule has 0 aromatic heterocycles. The molecule has 0 bridgehead atoms. The highest BCUT2D eigenvalue weighted by Crippen LogP contribution is 2.17. The smallest absolute Gasteiger partial charge is 0.129 e. The predicted molar refractivity (Wildman–Crippen MR) is 71.5 cm³/mol. The van der Waals surface area contributed by atoms with Gasteiger partial charge in [-0.1, -0.05) is 25.3 Å². The second-order valence-electron chi connectivity index (χ2n) is 5.05. The normalized spacial score (nSPS) is 16.8. The SMILES string of the molecule is Cc1ccc(OCCNC2CCCCC2)cc1F. The largest absolute Gasteiger partial charge is 0.492 e. The Hall–Kier alpha value is -1.09. The lowest BCUT2D eigenvalue weighted by Gasteiger charge is -2.22. The van der Waals surface area contributed by atoms with E-state index in [1.165, 1.54) is 38.2 Å². The maximum absolute atomic E-state index is 13.3. The van der Waals surface area contributed by atoms with Crippen LogP contribution >= 0.6 is 0 Å². The Morgan fingerprint density at radius 2 is 2.06 bits per heavy atom. The van der Waals surface area contributed by atoms with Crippen LogP contribution in [0.1, 0.15) is 37.7 Å². The Balaban J connectivity index is 1.66. The van der Waals surface area contributed by atoms with E-state index in [-0.39, 0.29) is 5.82 Å². The van der Waals surface area contributed by atoms with Crippen molar-refractivity contribution in [1.82, 2.24) is 5.32 Å². The number of hydrogen-bond donors (Lipinski definition) is 1. The number of aryl methyl sites for hydroxylation is 1. The van der Waals surface area contributed by atoms with E-state index in [9.17, 15) is 4.39 Å². The molecule has 0 unspecified atom stereocenters. The maximum atomic E-state index is 13.3. The summed E-state index contributed by atoms with van der Waals surface area (Å²) < 4.78 is 18.8. The lowest BCUT2D eigenvalue weighted by atomic mass is 9.96. The van der Waals surface area contributed by atoms with Crippen LogP contribution in [-0.4, -0.2) is 19.2 Å². The van der Waals surface area contributed by atoms with Crippen LogP contribution in [0.5, 0.6) is 5.75 Å². The summed E-state index contributed by atoms with van der Waals surface area (Å²) in [5.41, 5.74) is 0.655. The van der Waals surface area contributed by atoms with Gasteiger partial charge in [0.25, 0.3) is 0 Å². The molecule has 1 saturated carbocycles. The molecule has 2 rings (SSSR count). The van der Waals surface area contributed by atoms with Crippen molar-refractivity contribution < 1.29 is 9.13 Å². The molecule has 1 aromatic rings. The summed E-state index contributed by atoms with van der Waals surface area (Å²) in [6, 6.07) is 5.67.